The first-order chi connectivity index (χ1) is 17.4. The second-order valence-electron chi connectivity index (χ2n) is 8.88. The van der Waals surface area contributed by atoms with E-state index in [0.29, 0.717) is 17.9 Å². The predicted molar refractivity (Wildman–Crippen MR) is 136 cm³/mol. The average Bonchev–Trinajstić information content (AvgIpc) is 3.41. The number of furan rings is 1. The zero-order valence-corrected chi connectivity index (χ0v) is 20.8. The van der Waals surface area contributed by atoms with Crippen LogP contribution in [0.2, 0.25) is 5.15 Å². The maximum atomic E-state index is 12.9. The highest BCUT2D eigenvalue weighted by Crippen LogP contribution is 2.28. The van der Waals surface area contributed by atoms with E-state index in [2.05, 4.69) is 20.9 Å². The number of amides is 3. The summed E-state index contributed by atoms with van der Waals surface area (Å²) in [7, 11) is 1.58. The quantitative estimate of drug-likeness (QED) is 0.391. The number of carbonyl (C=O) groups excluding carboxylic acids is 3. The molecule has 3 aromatic rings. The fourth-order valence-electron chi connectivity index (χ4n) is 4.51. The minimum absolute atomic E-state index is 0.118. The van der Waals surface area contributed by atoms with Gasteiger partial charge >= 0.3 is 0 Å². The van der Waals surface area contributed by atoms with Crippen molar-refractivity contribution < 1.29 is 18.8 Å². The lowest BCUT2D eigenvalue weighted by Crippen LogP contribution is -2.50. The summed E-state index contributed by atoms with van der Waals surface area (Å²) in [4.78, 5) is 41.6. The molecule has 8 nitrogen and oxygen atoms in total. The van der Waals surface area contributed by atoms with E-state index in [0.717, 1.165) is 43.2 Å². The maximum Gasteiger partial charge on any atom is 0.287 e. The minimum Gasteiger partial charge on any atom is -0.451 e. The fraction of sp³-hybridized carbons (Fsp3) is 0.333. The molecular formula is C27H29ClN4O4. The Morgan fingerprint density at radius 1 is 1.06 bits per heavy atom. The lowest BCUT2D eigenvalue weighted by atomic mass is 9.83. The lowest BCUT2D eigenvalue weighted by molar-refractivity contribution is -0.124. The van der Waals surface area contributed by atoms with E-state index in [1.807, 2.05) is 24.3 Å². The number of rotatable bonds is 8. The Morgan fingerprint density at radius 2 is 1.86 bits per heavy atom. The topological polar surface area (TPSA) is 113 Å². The van der Waals surface area contributed by atoms with Gasteiger partial charge in [0, 0.05) is 30.9 Å². The summed E-state index contributed by atoms with van der Waals surface area (Å²) >= 11 is 5.86. The Balaban J connectivity index is 1.41. The summed E-state index contributed by atoms with van der Waals surface area (Å²) in [6.45, 7) is 0.301. The van der Waals surface area contributed by atoms with Gasteiger partial charge in [-0.25, -0.2) is 4.98 Å². The molecule has 0 spiro atoms. The normalized spacial score (nSPS) is 14.6. The van der Waals surface area contributed by atoms with Crippen molar-refractivity contribution in [2.45, 2.75) is 44.7 Å². The molecule has 1 aliphatic carbocycles. The van der Waals surface area contributed by atoms with Gasteiger partial charge in [0.15, 0.2) is 5.76 Å². The molecule has 1 saturated carbocycles. The number of aromatic nitrogens is 1. The smallest absolute Gasteiger partial charge is 0.287 e. The molecule has 2 heterocycles. The van der Waals surface area contributed by atoms with Crippen molar-refractivity contribution in [1.82, 2.24) is 20.9 Å². The molecule has 0 saturated heterocycles. The van der Waals surface area contributed by atoms with E-state index < -0.39 is 11.9 Å². The molecule has 1 aromatic carbocycles. The van der Waals surface area contributed by atoms with Gasteiger partial charge in [-0.2, -0.15) is 0 Å². The van der Waals surface area contributed by atoms with E-state index in [4.69, 9.17) is 16.0 Å². The van der Waals surface area contributed by atoms with Crippen LogP contribution in [0.4, 0.5) is 0 Å². The summed E-state index contributed by atoms with van der Waals surface area (Å²) in [5, 5.41) is 8.65. The molecule has 4 rings (SSSR count). The molecule has 0 radical (unpaired) electrons. The second kappa shape index (κ2) is 11.9. The number of nitrogens with one attached hydrogen (secondary N) is 3. The van der Waals surface area contributed by atoms with E-state index in [-0.39, 0.29) is 28.6 Å². The van der Waals surface area contributed by atoms with Crippen LogP contribution in [0.15, 0.2) is 59.1 Å². The predicted octanol–water partition coefficient (Wildman–Crippen LogP) is 4.35. The molecule has 2 aromatic heterocycles. The number of benzene rings is 1. The molecule has 0 aliphatic heterocycles. The first-order valence-electron chi connectivity index (χ1n) is 12.1. The van der Waals surface area contributed by atoms with Crippen LogP contribution in [0.3, 0.4) is 0 Å². The maximum absolute atomic E-state index is 12.9. The van der Waals surface area contributed by atoms with Gasteiger partial charge in [0.05, 0.1) is 0 Å². The Morgan fingerprint density at radius 3 is 2.61 bits per heavy atom. The first-order valence-corrected chi connectivity index (χ1v) is 12.4. The van der Waals surface area contributed by atoms with E-state index in [1.54, 1.807) is 25.2 Å². The highest BCUT2D eigenvalue weighted by molar-refractivity contribution is 6.29. The largest absolute Gasteiger partial charge is 0.451 e. The molecule has 0 unspecified atom stereocenters. The molecule has 1 fully saturated rings. The highest BCUT2D eigenvalue weighted by Gasteiger charge is 2.31. The Hall–Kier alpha value is -3.65. The van der Waals surface area contributed by atoms with Crippen LogP contribution in [-0.4, -0.2) is 35.8 Å². The highest BCUT2D eigenvalue weighted by atomic mass is 35.5. The van der Waals surface area contributed by atoms with Crippen LogP contribution in [0, 0.1) is 5.92 Å². The van der Waals surface area contributed by atoms with Crippen molar-refractivity contribution in [2.24, 2.45) is 5.92 Å². The van der Waals surface area contributed by atoms with Gasteiger partial charge in [-0.3, -0.25) is 14.4 Å². The van der Waals surface area contributed by atoms with Gasteiger partial charge in [-0.15, -0.1) is 0 Å². The molecule has 36 heavy (non-hydrogen) atoms. The number of hydrogen-bond acceptors (Lipinski definition) is 5. The summed E-state index contributed by atoms with van der Waals surface area (Å²) < 4.78 is 5.84. The second-order valence-corrected chi connectivity index (χ2v) is 9.26. The number of halogens is 1. The lowest BCUT2D eigenvalue weighted by Gasteiger charge is -2.29. The SMILES string of the molecule is CNC(=O)[C@H](NC(=O)c1ccc(-c2cccc(CNC(=O)c3ccnc(Cl)c3)c2)o1)C1CCCCC1. The Bertz CT molecular complexity index is 1240. The number of hydrogen-bond donors (Lipinski definition) is 3. The van der Waals surface area contributed by atoms with Crippen LogP contribution < -0.4 is 16.0 Å². The zero-order valence-electron chi connectivity index (χ0n) is 20.1. The molecular weight excluding hydrogens is 480 g/mol. The summed E-state index contributed by atoms with van der Waals surface area (Å²) in [6.07, 6.45) is 6.60. The van der Waals surface area contributed by atoms with Crippen molar-refractivity contribution in [3.05, 3.63) is 76.8 Å². The number of likely N-dealkylation sites (N-methyl/N-ethyl adjacent to an activating group) is 1. The van der Waals surface area contributed by atoms with Crippen LogP contribution in [0.25, 0.3) is 11.3 Å². The third kappa shape index (κ3) is 6.31. The third-order valence-electron chi connectivity index (χ3n) is 6.42. The van der Waals surface area contributed by atoms with Crippen LogP contribution in [0.1, 0.15) is 58.6 Å². The van der Waals surface area contributed by atoms with Crippen LogP contribution >= 0.6 is 11.6 Å². The Kier molecular flexibility index (Phi) is 8.38. The van der Waals surface area contributed by atoms with Crippen molar-refractivity contribution >= 4 is 29.3 Å². The average molecular weight is 509 g/mol. The number of carbonyl (C=O) groups is 3. The van der Waals surface area contributed by atoms with Crippen molar-refractivity contribution in [3.63, 3.8) is 0 Å². The third-order valence-corrected chi connectivity index (χ3v) is 6.63. The molecule has 9 heteroatoms. The zero-order chi connectivity index (χ0) is 25.5. The summed E-state index contributed by atoms with van der Waals surface area (Å²) in [5.41, 5.74) is 2.05. The van der Waals surface area contributed by atoms with Crippen LogP contribution in [0.5, 0.6) is 0 Å². The summed E-state index contributed by atoms with van der Waals surface area (Å²) in [5.74, 6) is -0.0884. The van der Waals surface area contributed by atoms with Gasteiger partial charge in [-0.1, -0.05) is 49.1 Å². The van der Waals surface area contributed by atoms with Crippen molar-refractivity contribution in [3.8, 4) is 11.3 Å². The molecule has 0 bridgehead atoms. The van der Waals surface area contributed by atoms with Gasteiger partial charge in [0.25, 0.3) is 11.8 Å². The number of nitrogens with zero attached hydrogens (tertiary/aromatic N) is 1. The minimum atomic E-state index is -0.585. The van der Waals surface area contributed by atoms with E-state index >= 15 is 0 Å². The molecule has 188 valence electrons. The van der Waals surface area contributed by atoms with E-state index in [1.165, 1.54) is 12.3 Å². The monoisotopic (exact) mass is 508 g/mol. The number of pyridine rings is 1. The fourth-order valence-corrected chi connectivity index (χ4v) is 4.68. The van der Waals surface area contributed by atoms with Crippen molar-refractivity contribution in [1.29, 1.82) is 0 Å². The van der Waals surface area contributed by atoms with E-state index in [9.17, 15) is 14.4 Å². The van der Waals surface area contributed by atoms with Gasteiger partial charge in [0.1, 0.15) is 17.0 Å². The van der Waals surface area contributed by atoms with Gasteiger partial charge in [0.2, 0.25) is 5.91 Å². The molecule has 1 aliphatic rings. The standard InChI is InChI=1S/C27H29ClN4O4/c1-29-27(35)24(18-7-3-2-4-8-18)32-26(34)22-11-10-21(36-22)19-9-5-6-17(14-19)16-31-25(33)20-12-13-30-23(28)15-20/h5-6,9-15,18,24H,2-4,7-8,16H2,1H3,(H,29,35)(H,31,33)(H,32,34)/t24-/m1/s1. The molecule has 1 atom stereocenters. The van der Waals surface area contributed by atoms with Crippen molar-refractivity contribution in [2.75, 3.05) is 7.05 Å². The molecule has 3 N–H and O–H groups in total. The summed E-state index contributed by atoms with van der Waals surface area (Å²) in [6, 6.07) is 13.3. The molecule has 3 amide bonds. The first kappa shape index (κ1) is 25.4. The Labute approximate surface area is 214 Å². The van der Waals surface area contributed by atoms with Crippen LogP contribution in [-0.2, 0) is 11.3 Å². The van der Waals surface area contributed by atoms with Gasteiger partial charge < -0.3 is 20.4 Å². The van der Waals surface area contributed by atoms with Gasteiger partial charge in [-0.05, 0) is 54.7 Å².